The summed E-state index contributed by atoms with van der Waals surface area (Å²) < 4.78 is 11.6. The summed E-state index contributed by atoms with van der Waals surface area (Å²) in [5, 5.41) is 7.14. The third kappa shape index (κ3) is 5.77. The summed E-state index contributed by atoms with van der Waals surface area (Å²) >= 11 is 5.49. The monoisotopic (exact) mass is 464 g/mol. The molecule has 1 saturated heterocycles. The largest absolute Gasteiger partial charge is 0.360 e. The van der Waals surface area contributed by atoms with E-state index in [1.54, 1.807) is 0 Å². The zero-order valence-corrected chi connectivity index (χ0v) is 20.2. The molecule has 2 N–H and O–H groups in total. The maximum absolute atomic E-state index is 6.80. The Kier molecular flexibility index (Phi) is 7.26. The van der Waals surface area contributed by atoms with E-state index in [0.717, 1.165) is 18.8 Å². The molecule has 4 rings (SSSR count). The Bertz CT molecular complexity index is 957. The molecular formula is C25H29N4OPS. The highest BCUT2D eigenvalue weighted by Crippen LogP contribution is 2.55. The van der Waals surface area contributed by atoms with Gasteiger partial charge in [-0.1, -0.05) is 54.6 Å². The van der Waals surface area contributed by atoms with E-state index < -0.39 is 14.1 Å². The Hall–Kier alpha value is -2.66. The van der Waals surface area contributed by atoms with Crippen LogP contribution in [0.4, 0.5) is 17.1 Å². The van der Waals surface area contributed by atoms with Crippen molar-refractivity contribution in [2.45, 2.75) is 19.4 Å². The van der Waals surface area contributed by atoms with Crippen LogP contribution in [0.3, 0.4) is 0 Å². The molecule has 1 fully saturated rings. The summed E-state index contributed by atoms with van der Waals surface area (Å²) in [6.07, 6.45) is 0. The van der Waals surface area contributed by atoms with Gasteiger partial charge in [-0.2, -0.15) is 0 Å². The summed E-state index contributed by atoms with van der Waals surface area (Å²) in [5.74, 6) is 0. The van der Waals surface area contributed by atoms with E-state index in [1.807, 2.05) is 42.5 Å². The van der Waals surface area contributed by atoms with Gasteiger partial charge < -0.3 is 24.5 Å². The minimum atomic E-state index is -1.03. The Balaban J connectivity index is 1.46. The van der Waals surface area contributed by atoms with Gasteiger partial charge in [0.05, 0.1) is 5.60 Å². The minimum Gasteiger partial charge on any atom is -0.360 e. The maximum Gasteiger partial charge on any atom is 0.249 e. The summed E-state index contributed by atoms with van der Waals surface area (Å²) in [6, 6.07) is 30.9. The van der Waals surface area contributed by atoms with Crippen molar-refractivity contribution in [1.82, 2.24) is 5.32 Å². The highest BCUT2D eigenvalue weighted by Gasteiger charge is 2.39. The molecule has 1 heterocycles. The number of hydrogen-bond donors (Lipinski definition) is 2. The van der Waals surface area contributed by atoms with Gasteiger partial charge in [-0.25, -0.2) is 0 Å². The van der Waals surface area contributed by atoms with Crippen molar-refractivity contribution in [3.8, 4) is 0 Å². The van der Waals surface area contributed by atoms with Gasteiger partial charge in [0.2, 0.25) is 8.45 Å². The number of nitrogens with one attached hydrogen (secondary N) is 2. The predicted molar refractivity (Wildman–Crippen MR) is 140 cm³/mol. The first-order valence-electron chi connectivity index (χ1n) is 10.8. The lowest BCUT2D eigenvalue weighted by Gasteiger charge is -2.37. The van der Waals surface area contributed by atoms with Crippen LogP contribution in [0.1, 0.15) is 13.8 Å². The van der Waals surface area contributed by atoms with Crippen molar-refractivity contribution in [2.75, 3.05) is 34.3 Å². The number of rotatable bonds is 7. The summed E-state index contributed by atoms with van der Waals surface area (Å²) in [4.78, 5) is 0. The van der Waals surface area contributed by atoms with Crippen LogP contribution in [0.5, 0.6) is 0 Å². The fraction of sp³-hybridized carbons (Fsp3) is 0.240. The van der Waals surface area contributed by atoms with Crippen LogP contribution in [0.25, 0.3) is 0 Å². The highest BCUT2D eigenvalue weighted by atomic mass is 32.1. The molecule has 0 atom stereocenters. The van der Waals surface area contributed by atoms with Crippen molar-refractivity contribution >= 4 is 42.8 Å². The van der Waals surface area contributed by atoms with Crippen LogP contribution in [0.15, 0.2) is 91.0 Å². The zero-order valence-electron chi connectivity index (χ0n) is 18.4. The fourth-order valence-corrected chi connectivity index (χ4v) is 5.83. The number of para-hydroxylation sites is 3. The molecule has 0 unspecified atom stereocenters. The molecule has 0 bridgehead atoms. The number of benzene rings is 3. The zero-order chi connectivity index (χ0) is 22.4. The topological polar surface area (TPSA) is 39.8 Å². The van der Waals surface area contributed by atoms with Gasteiger partial charge in [0.1, 0.15) is 0 Å². The first kappa shape index (κ1) is 22.5. The highest BCUT2D eigenvalue weighted by molar-refractivity contribution is 7.80. The number of hydrogen-bond acceptors (Lipinski definition) is 4. The van der Waals surface area contributed by atoms with Crippen LogP contribution < -0.4 is 20.0 Å². The van der Waals surface area contributed by atoms with Gasteiger partial charge in [-0.3, -0.25) is 0 Å². The van der Waals surface area contributed by atoms with E-state index in [0.29, 0.717) is 11.7 Å². The van der Waals surface area contributed by atoms with E-state index in [9.17, 15) is 0 Å². The minimum absolute atomic E-state index is 0.432. The summed E-state index contributed by atoms with van der Waals surface area (Å²) in [5.41, 5.74) is 2.90. The number of thiocarbonyl (C=S) groups is 1. The van der Waals surface area contributed by atoms with Gasteiger partial charge in [0.25, 0.3) is 0 Å². The molecule has 1 aliphatic rings. The van der Waals surface area contributed by atoms with Crippen LogP contribution in [-0.2, 0) is 4.52 Å². The molecule has 0 amide bonds. The average molecular weight is 465 g/mol. The van der Waals surface area contributed by atoms with Crippen molar-refractivity contribution in [1.29, 1.82) is 0 Å². The molecule has 0 spiro atoms. The molecule has 32 heavy (non-hydrogen) atoms. The Morgan fingerprint density at radius 2 is 1.31 bits per heavy atom. The lowest BCUT2D eigenvalue weighted by atomic mass is 10.1. The number of anilines is 3. The second-order valence-electron chi connectivity index (χ2n) is 8.19. The Morgan fingerprint density at radius 3 is 1.81 bits per heavy atom. The van der Waals surface area contributed by atoms with Crippen molar-refractivity contribution < 1.29 is 4.52 Å². The standard InChI is InChI=1S/C25H29N4OPS/c1-25(2,20-26-24(32)27-21-12-6-3-7-13-21)30-31-28(22-14-8-4-9-15-22)18-19-29(31)23-16-10-5-11-17-23/h3-17H,18-20H2,1-2H3,(H2,26,27,32). The van der Waals surface area contributed by atoms with Gasteiger partial charge >= 0.3 is 0 Å². The molecule has 166 valence electrons. The molecule has 0 aromatic heterocycles. The second-order valence-corrected chi connectivity index (χ2v) is 10.3. The SMILES string of the molecule is CC(C)(CNC(=S)Nc1ccccc1)OP1N(c2ccccc2)CCN1c1ccccc1. The molecule has 7 heteroatoms. The molecule has 0 radical (unpaired) electrons. The van der Waals surface area contributed by atoms with Crippen molar-refractivity contribution in [3.63, 3.8) is 0 Å². The van der Waals surface area contributed by atoms with Gasteiger partial charge in [-0.05, 0) is 62.5 Å². The van der Waals surface area contributed by atoms with E-state index >= 15 is 0 Å². The molecule has 3 aromatic rings. The van der Waals surface area contributed by atoms with Crippen LogP contribution >= 0.6 is 20.7 Å². The molecule has 5 nitrogen and oxygen atoms in total. The normalized spacial score (nSPS) is 14.4. The quantitative estimate of drug-likeness (QED) is 0.329. The van der Waals surface area contributed by atoms with E-state index in [-0.39, 0.29) is 0 Å². The smallest absolute Gasteiger partial charge is 0.249 e. The number of nitrogens with zero attached hydrogens (tertiary/aromatic N) is 2. The van der Waals surface area contributed by atoms with Gasteiger partial charge in [-0.15, -0.1) is 0 Å². The van der Waals surface area contributed by atoms with E-state index in [1.165, 1.54) is 11.4 Å². The van der Waals surface area contributed by atoms with E-state index in [4.69, 9.17) is 16.7 Å². The summed E-state index contributed by atoms with van der Waals surface area (Å²) in [7, 11) is -1.03. The van der Waals surface area contributed by atoms with Gasteiger partial charge in [0.15, 0.2) is 5.11 Å². The van der Waals surface area contributed by atoms with Crippen molar-refractivity contribution in [2.24, 2.45) is 0 Å². The first-order valence-corrected chi connectivity index (χ1v) is 12.3. The molecule has 1 aliphatic heterocycles. The van der Waals surface area contributed by atoms with Gasteiger partial charge in [0, 0.05) is 36.7 Å². The third-order valence-corrected chi connectivity index (χ3v) is 7.67. The lowest BCUT2D eigenvalue weighted by Crippen LogP contribution is -2.42. The molecule has 0 saturated carbocycles. The lowest BCUT2D eigenvalue weighted by molar-refractivity contribution is 0.131. The van der Waals surface area contributed by atoms with Crippen LogP contribution in [-0.4, -0.2) is 30.3 Å². The third-order valence-electron chi connectivity index (χ3n) is 5.08. The van der Waals surface area contributed by atoms with Crippen LogP contribution in [0.2, 0.25) is 0 Å². The molecular weight excluding hydrogens is 435 g/mol. The van der Waals surface area contributed by atoms with E-state index in [2.05, 4.69) is 82.4 Å². The van der Waals surface area contributed by atoms with Crippen LogP contribution in [0, 0.1) is 0 Å². The second kappa shape index (κ2) is 10.3. The maximum atomic E-state index is 6.80. The fourth-order valence-electron chi connectivity index (χ4n) is 3.49. The molecule has 3 aromatic carbocycles. The Labute approximate surface area is 197 Å². The first-order chi connectivity index (χ1) is 15.5. The van der Waals surface area contributed by atoms with Crippen molar-refractivity contribution in [3.05, 3.63) is 91.0 Å². The average Bonchev–Trinajstić information content (AvgIpc) is 3.22. The molecule has 0 aliphatic carbocycles. The predicted octanol–water partition coefficient (Wildman–Crippen LogP) is 6.02. The summed E-state index contributed by atoms with van der Waals surface area (Å²) in [6.45, 7) is 6.65. The Morgan fingerprint density at radius 1 is 0.844 bits per heavy atom.